The van der Waals surface area contributed by atoms with Crippen LogP contribution in [0.4, 0.5) is 0 Å². The predicted octanol–water partition coefficient (Wildman–Crippen LogP) is 5.41. The highest BCUT2D eigenvalue weighted by atomic mass is 35.5. The van der Waals surface area contributed by atoms with Gasteiger partial charge in [-0.3, -0.25) is 14.5 Å². The number of aromatic nitrogens is 1. The number of nitrogens with one attached hydrogen (secondary N) is 1. The molecule has 2 aromatic carbocycles. The average Bonchev–Trinajstić information content (AvgIpc) is 3.32. The Labute approximate surface area is 216 Å². The number of carboxylic acid groups (broad SMARTS) is 1. The fourth-order valence-electron chi connectivity index (χ4n) is 5.90. The van der Waals surface area contributed by atoms with E-state index in [0.29, 0.717) is 36.9 Å². The van der Waals surface area contributed by atoms with Gasteiger partial charge in [0, 0.05) is 41.3 Å². The van der Waals surface area contributed by atoms with Gasteiger partial charge in [0.2, 0.25) is 5.91 Å². The molecule has 36 heavy (non-hydrogen) atoms. The van der Waals surface area contributed by atoms with Crippen molar-refractivity contribution in [3.63, 3.8) is 0 Å². The number of halogens is 1. The first-order chi connectivity index (χ1) is 17.5. The van der Waals surface area contributed by atoms with E-state index in [0.717, 1.165) is 37.0 Å². The largest absolute Gasteiger partial charge is 0.480 e. The van der Waals surface area contributed by atoms with Crippen LogP contribution in [-0.4, -0.2) is 64.0 Å². The summed E-state index contributed by atoms with van der Waals surface area (Å²) in [4.78, 5) is 32.4. The Morgan fingerprint density at radius 2 is 1.75 bits per heavy atom. The lowest BCUT2D eigenvalue weighted by Gasteiger charge is -2.41. The molecule has 3 heterocycles. The van der Waals surface area contributed by atoms with Gasteiger partial charge < -0.3 is 15.0 Å². The molecule has 3 aromatic rings. The number of carbonyl (C=O) groups is 2. The Morgan fingerprint density at radius 1 is 1.00 bits per heavy atom. The van der Waals surface area contributed by atoms with Gasteiger partial charge in [0.05, 0.1) is 0 Å². The standard InChI is InChI=1S/C29H32ClN3O3/c30-23-5-3-4-20(18-23)8-9-27(34)32-14-12-22(13-15-32)28(29(35)36)33-16-10-21(11-17-33)25-19-31-26-7-2-1-6-24(25)26/h1-9,18-19,21-22,28,31H,10-17H2,(H,35,36). The van der Waals surface area contributed by atoms with Gasteiger partial charge >= 0.3 is 5.97 Å². The molecule has 1 unspecified atom stereocenters. The van der Waals surface area contributed by atoms with Crippen molar-refractivity contribution in [3.05, 3.63) is 77.0 Å². The summed E-state index contributed by atoms with van der Waals surface area (Å²) in [6.07, 6.45) is 8.79. The highest BCUT2D eigenvalue weighted by Crippen LogP contribution is 2.35. The first kappa shape index (κ1) is 24.6. The third-order valence-corrected chi connectivity index (χ3v) is 8.04. The van der Waals surface area contributed by atoms with Crippen molar-refractivity contribution in [2.75, 3.05) is 26.2 Å². The second-order valence-electron chi connectivity index (χ2n) is 9.93. The average molecular weight is 506 g/mol. The minimum absolute atomic E-state index is 0.0418. The Morgan fingerprint density at radius 3 is 2.47 bits per heavy atom. The van der Waals surface area contributed by atoms with Crippen LogP contribution >= 0.6 is 11.6 Å². The van der Waals surface area contributed by atoms with Crippen molar-refractivity contribution in [3.8, 4) is 0 Å². The summed E-state index contributed by atoms with van der Waals surface area (Å²) >= 11 is 6.02. The smallest absolute Gasteiger partial charge is 0.321 e. The molecule has 0 spiro atoms. The maximum absolute atomic E-state index is 12.7. The maximum atomic E-state index is 12.7. The zero-order chi connectivity index (χ0) is 25.1. The summed E-state index contributed by atoms with van der Waals surface area (Å²) < 4.78 is 0. The molecule has 2 N–H and O–H groups in total. The lowest BCUT2D eigenvalue weighted by molar-refractivity contribution is -0.147. The van der Waals surface area contributed by atoms with Gasteiger partial charge in [0.15, 0.2) is 0 Å². The van der Waals surface area contributed by atoms with E-state index in [-0.39, 0.29) is 11.8 Å². The molecule has 0 radical (unpaired) electrons. The summed E-state index contributed by atoms with van der Waals surface area (Å²) in [6, 6.07) is 15.2. The summed E-state index contributed by atoms with van der Waals surface area (Å²) in [5.41, 5.74) is 3.38. The number of carboxylic acids is 1. The number of carbonyl (C=O) groups excluding carboxylic acids is 1. The third kappa shape index (κ3) is 5.35. The van der Waals surface area contributed by atoms with Gasteiger partial charge in [-0.25, -0.2) is 0 Å². The number of hydrogen-bond acceptors (Lipinski definition) is 3. The number of H-pyrrole nitrogens is 1. The monoisotopic (exact) mass is 505 g/mol. The van der Waals surface area contributed by atoms with Crippen molar-refractivity contribution in [1.29, 1.82) is 0 Å². The van der Waals surface area contributed by atoms with Gasteiger partial charge in [-0.15, -0.1) is 0 Å². The van der Waals surface area contributed by atoms with E-state index in [1.807, 2.05) is 29.2 Å². The molecule has 1 aromatic heterocycles. The van der Waals surface area contributed by atoms with Crippen LogP contribution in [0, 0.1) is 5.92 Å². The van der Waals surface area contributed by atoms with Gasteiger partial charge in [-0.05, 0) is 86.0 Å². The number of aliphatic carboxylic acids is 1. The van der Waals surface area contributed by atoms with E-state index >= 15 is 0 Å². The number of likely N-dealkylation sites (tertiary alicyclic amines) is 2. The van der Waals surface area contributed by atoms with Crippen molar-refractivity contribution in [2.45, 2.75) is 37.6 Å². The van der Waals surface area contributed by atoms with Gasteiger partial charge in [-0.2, -0.15) is 0 Å². The number of fused-ring (bicyclic) bond motifs is 1. The second kappa shape index (κ2) is 10.9. The van der Waals surface area contributed by atoms with Crippen molar-refractivity contribution < 1.29 is 14.7 Å². The Kier molecular flexibility index (Phi) is 7.44. The molecule has 0 saturated carbocycles. The zero-order valence-electron chi connectivity index (χ0n) is 20.3. The number of benzene rings is 2. The Bertz CT molecular complexity index is 1250. The van der Waals surface area contributed by atoms with Crippen LogP contribution in [0.1, 0.15) is 42.7 Å². The molecule has 1 atom stereocenters. The molecule has 2 aliphatic heterocycles. The molecule has 6 nitrogen and oxygen atoms in total. The normalized spacial score (nSPS) is 19.2. The number of amides is 1. The molecule has 188 valence electrons. The Balaban J connectivity index is 1.17. The summed E-state index contributed by atoms with van der Waals surface area (Å²) in [7, 11) is 0. The van der Waals surface area contributed by atoms with Gasteiger partial charge in [0.1, 0.15) is 6.04 Å². The van der Waals surface area contributed by atoms with Crippen LogP contribution in [0.25, 0.3) is 17.0 Å². The SMILES string of the molecule is O=C(O)C(C1CCN(C(=O)C=Cc2cccc(Cl)c2)CC1)N1CCC(c2c[nH]c3ccccc23)CC1. The predicted molar refractivity (Wildman–Crippen MR) is 143 cm³/mol. The fourth-order valence-corrected chi connectivity index (χ4v) is 6.09. The Hall–Kier alpha value is -3.09. The maximum Gasteiger partial charge on any atom is 0.321 e. The molecular weight excluding hydrogens is 474 g/mol. The minimum atomic E-state index is -0.744. The van der Waals surface area contributed by atoms with Crippen molar-refractivity contribution in [2.24, 2.45) is 5.92 Å². The molecule has 7 heteroatoms. The summed E-state index contributed by atoms with van der Waals surface area (Å²) in [5, 5.41) is 12.0. The van der Waals surface area contributed by atoms with Crippen LogP contribution in [-0.2, 0) is 9.59 Å². The molecular formula is C29H32ClN3O3. The summed E-state index contributed by atoms with van der Waals surface area (Å²) in [6.45, 7) is 2.73. The number of para-hydroxylation sites is 1. The van der Waals surface area contributed by atoms with Crippen molar-refractivity contribution >= 4 is 40.5 Å². The molecule has 2 fully saturated rings. The highest BCUT2D eigenvalue weighted by molar-refractivity contribution is 6.30. The van der Waals surface area contributed by atoms with E-state index in [4.69, 9.17) is 11.6 Å². The third-order valence-electron chi connectivity index (χ3n) is 7.80. The highest BCUT2D eigenvalue weighted by Gasteiger charge is 2.38. The van der Waals surface area contributed by atoms with Gasteiger partial charge in [-0.1, -0.05) is 41.9 Å². The van der Waals surface area contributed by atoms with E-state index in [1.165, 1.54) is 10.9 Å². The van der Waals surface area contributed by atoms with Gasteiger partial charge in [0.25, 0.3) is 0 Å². The molecule has 0 aliphatic carbocycles. The van der Waals surface area contributed by atoms with Crippen LogP contribution < -0.4 is 0 Å². The zero-order valence-corrected chi connectivity index (χ0v) is 21.0. The fraction of sp³-hybridized carbons (Fsp3) is 0.379. The van der Waals surface area contributed by atoms with E-state index < -0.39 is 12.0 Å². The van der Waals surface area contributed by atoms with Crippen LogP contribution in [0.15, 0.2) is 60.8 Å². The quantitative estimate of drug-likeness (QED) is 0.439. The van der Waals surface area contributed by atoms with Crippen molar-refractivity contribution in [1.82, 2.24) is 14.8 Å². The number of piperidine rings is 2. The topological polar surface area (TPSA) is 76.6 Å². The van der Waals surface area contributed by atoms with Crippen LogP contribution in [0.5, 0.6) is 0 Å². The van der Waals surface area contributed by atoms with Crippen LogP contribution in [0.3, 0.4) is 0 Å². The number of rotatable bonds is 6. The van der Waals surface area contributed by atoms with E-state index in [1.54, 1.807) is 18.2 Å². The molecule has 0 bridgehead atoms. The molecule has 1 amide bonds. The number of aromatic amines is 1. The first-order valence-electron chi connectivity index (χ1n) is 12.7. The number of hydrogen-bond donors (Lipinski definition) is 2. The second-order valence-corrected chi connectivity index (χ2v) is 10.4. The lowest BCUT2D eigenvalue weighted by atomic mass is 9.84. The van der Waals surface area contributed by atoms with E-state index in [2.05, 4.69) is 34.3 Å². The minimum Gasteiger partial charge on any atom is -0.480 e. The summed E-state index contributed by atoms with van der Waals surface area (Å²) in [5.74, 6) is -0.295. The van der Waals surface area contributed by atoms with E-state index in [9.17, 15) is 14.7 Å². The first-order valence-corrected chi connectivity index (χ1v) is 13.1. The lowest BCUT2D eigenvalue weighted by Crippen LogP contribution is -2.52. The van der Waals surface area contributed by atoms with Crippen LogP contribution in [0.2, 0.25) is 5.02 Å². The molecule has 5 rings (SSSR count). The molecule has 2 aliphatic rings. The number of nitrogens with zero attached hydrogens (tertiary/aromatic N) is 2. The molecule has 2 saturated heterocycles.